The summed E-state index contributed by atoms with van der Waals surface area (Å²) in [6.45, 7) is 7.09. The molecule has 0 heterocycles. The Morgan fingerprint density at radius 1 is 1.14 bits per heavy atom. The minimum Gasteiger partial charge on any atom is -0.304 e. The maximum atomic E-state index is 10.7. The molecule has 14 heavy (non-hydrogen) atoms. The molecular weight excluding hydrogens is 222 g/mol. The third-order valence-corrected chi connectivity index (χ3v) is 3.38. The van der Waals surface area contributed by atoms with Gasteiger partial charge in [0.1, 0.15) is 0 Å². The van der Waals surface area contributed by atoms with Gasteiger partial charge in [-0.3, -0.25) is 0 Å². The first kappa shape index (κ1) is 14.2. The highest BCUT2D eigenvalue weighted by Gasteiger charge is 2.07. The number of unbranched alkanes of at least 4 members (excludes halogenated alkanes) is 1. The SMILES string of the molecule is CCCCN(CC)CCCS(=O)(=O)Cl. The molecule has 0 saturated heterocycles. The fraction of sp³-hybridized carbons (Fsp3) is 1.00. The molecule has 5 heteroatoms. The van der Waals surface area contributed by atoms with E-state index in [4.69, 9.17) is 10.7 Å². The molecular formula is C9H20ClNO2S. The van der Waals surface area contributed by atoms with Crippen molar-refractivity contribution in [3.63, 3.8) is 0 Å². The quantitative estimate of drug-likeness (QED) is 0.611. The fourth-order valence-electron chi connectivity index (χ4n) is 1.27. The molecule has 0 aromatic rings. The Labute approximate surface area is 91.9 Å². The average molecular weight is 242 g/mol. The Hall–Kier alpha value is 0.200. The van der Waals surface area contributed by atoms with Crippen molar-refractivity contribution in [2.75, 3.05) is 25.4 Å². The monoisotopic (exact) mass is 241 g/mol. The fourth-order valence-corrected chi connectivity index (χ4v) is 2.07. The van der Waals surface area contributed by atoms with Crippen molar-refractivity contribution in [3.8, 4) is 0 Å². The zero-order chi connectivity index (χ0) is 11.0. The summed E-state index contributed by atoms with van der Waals surface area (Å²) in [6.07, 6.45) is 2.97. The minimum absolute atomic E-state index is 0.0805. The molecule has 0 aromatic heterocycles. The molecule has 0 fully saturated rings. The third-order valence-electron chi connectivity index (χ3n) is 2.14. The minimum atomic E-state index is -3.30. The van der Waals surface area contributed by atoms with Crippen LogP contribution in [0.3, 0.4) is 0 Å². The van der Waals surface area contributed by atoms with E-state index in [0.717, 1.165) is 19.6 Å². The topological polar surface area (TPSA) is 37.4 Å². The maximum Gasteiger partial charge on any atom is 0.232 e. The summed E-state index contributed by atoms with van der Waals surface area (Å²) < 4.78 is 21.3. The normalized spacial score (nSPS) is 12.3. The van der Waals surface area contributed by atoms with Crippen LogP contribution in [-0.4, -0.2) is 38.7 Å². The van der Waals surface area contributed by atoms with E-state index in [1.165, 1.54) is 12.8 Å². The van der Waals surface area contributed by atoms with Gasteiger partial charge in [0, 0.05) is 10.7 Å². The van der Waals surface area contributed by atoms with Crippen LogP contribution in [0.25, 0.3) is 0 Å². The van der Waals surface area contributed by atoms with Crippen molar-refractivity contribution < 1.29 is 8.42 Å². The van der Waals surface area contributed by atoms with E-state index in [1.54, 1.807) is 0 Å². The lowest BCUT2D eigenvalue weighted by Crippen LogP contribution is -2.26. The Kier molecular flexibility index (Phi) is 7.59. The van der Waals surface area contributed by atoms with E-state index in [2.05, 4.69) is 18.7 Å². The molecule has 86 valence electrons. The number of hydrogen-bond acceptors (Lipinski definition) is 3. The van der Waals surface area contributed by atoms with Gasteiger partial charge in [0.15, 0.2) is 0 Å². The van der Waals surface area contributed by atoms with Crippen molar-refractivity contribution in [2.45, 2.75) is 33.1 Å². The highest BCUT2D eigenvalue weighted by atomic mass is 35.7. The molecule has 0 N–H and O–H groups in total. The van der Waals surface area contributed by atoms with Crippen LogP contribution in [-0.2, 0) is 9.05 Å². The molecule has 0 bridgehead atoms. The largest absolute Gasteiger partial charge is 0.304 e. The van der Waals surface area contributed by atoms with Crippen LogP contribution < -0.4 is 0 Å². The second-order valence-corrected chi connectivity index (χ2v) is 6.28. The summed E-state index contributed by atoms with van der Waals surface area (Å²) in [5, 5.41) is 0. The first-order chi connectivity index (χ1) is 6.49. The molecule has 3 nitrogen and oxygen atoms in total. The summed E-state index contributed by atoms with van der Waals surface area (Å²) in [4.78, 5) is 2.26. The number of hydrogen-bond donors (Lipinski definition) is 0. The van der Waals surface area contributed by atoms with Crippen molar-refractivity contribution in [1.82, 2.24) is 4.90 Å². The predicted octanol–water partition coefficient (Wildman–Crippen LogP) is 2.07. The van der Waals surface area contributed by atoms with Gasteiger partial charge in [-0.2, -0.15) is 0 Å². The molecule has 0 atom stereocenters. The van der Waals surface area contributed by atoms with Crippen LogP contribution in [0.4, 0.5) is 0 Å². The number of nitrogens with zero attached hydrogens (tertiary/aromatic N) is 1. The molecule has 0 aliphatic carbocycles. The summed E-state index contributed by atoms with van der Waals surface area (Å²) in [5.41, 5.74) is 0. The van der Waals surface area contributed by atoms with Gasteiger partial charge in [0.05, 0.1) is 5.75 Å². The Morgan fingerprint density at radius 2 is 1.71 bits per heavy atom. The summed E-state index contributed by atoms with van der Waals surface area (Å²) in [7, 11) is 1.81. The van der Waals surface area contributed by atoms with Crippen LogP contribution in [0.1, 0.15) is 33.1 Å². The van der Waals surface area contributed by atoms with Gasteiger partial charge in [-0.1, -0.05) is 20.3 Å². The molecule has 0 amide bonds. The van der Waals surface area contributed by atoms with Crippen molar-refractivity contribution >= 4 is 19.7 Å². The number of halogens is 1. The zero-order valence-electron chi connectivity index (χ0n) is 9.00. The Morgan fingerprint density at radius 3 is 2.14 bits per heavy atom. The molecule has 0 radical (unpaired) electrons. The number of rotatable bonds is 8. The van der Waals surface area contributed by atoms with Crippen LogP contribution in [0.15, 0.2) is 0 Å². The van der Waals surface area contributed by atoms with Crippen molar-refractivity contribution in [2.24, 2.45) is 0 Å². The van der Waals surface area contributed by atoms with Gasteiger partial charge >= 0.3 is 0 Å². The maximum absolute atomic E-state index is 10.7. The van der Waals surface area contributed by atoms with Crippen LogP contribution in [0, 0.1) is 0 Å². The summed E-state index contributed by atoms with van der Waals surface area (Å²) in [5.74, 6) is 0.0805. The van der Waals surface area contributed by atoms with E-state index >= 15 is 0 Å². The van der Waals surface area contributed by atoms with Gasteiger partial charge in [-0.05, 0) is 32.5 Å². The van der Waals surface area contributed by atoms with Crippen LogP contribution in [0.5, 0.6) is 0 Å². The van der Waals surface area contributed by atoms with E-state index in [1.807, 2.05) is 0 Å². The summed E-state index contributed by atoms with van der Waals surface area (Å²) >= 11 is 0. The highest BCUT2D eigenvalue weighted by Crippen LogP contribution is 2.01. The molecule has 0 aliphatic heterocycles. The predicted molar refractivity (Wildman–Crippen MR) is 61.3 cm³/mol. The van der Waals surface area contributed by atoms with Gasteiger partial charge in [0.25, 0.3) is 0 Å². The van der Waals surface area contributed by atoms with E-state index in [9.17, 15) is 8.42 Å². The first-order valence-corrected chi connectivity index (χ1v) is 7.62. The van der Waals surface area contributed by atoms with Gasteiger partial charge in [-0.25, -0.2) is 8.42 Å². The Bertz CT molecular complexity index is 229. The smallest absolute Gasteiger partial charge is 0.232 e. The lowest BCUT2D eigenvalue weighted by Gasteiger charge is -2.19. The van der Waals surface area contributed by atoms with Gasteiger partial charge in [0.2, 0.25) is 9.05 Å². The van der Waals surface area contributed by atoms with Crippen molar-refractivity contribution in [3.05, 3.63) is 0 Å². The van der Waals surface area contributed by atoms with Crippen LogP contribution in [0.2, 0.25) is 0 Å². The second-order valence-electron chi connectivity index (χ2n) is 3.38. The molecule has 0 unspecified atom stereocenters. The molecule has 0 rings (SSSR count). The van der Waals surface area contributed by atoms with Gasteiger partial charge < -0.3 is 4.90 Å². The molecule has 0 aromatic carbocycles. The van der Waals surface area contributed by atoms with E-state index in [0.29, 0.717) is 6.42 Å². The molecule has 0 spiro atoms. The highest BCUT2D eigenvalue weighted by molar-refractivity contribution is 8.13. The van der Waals surface area contributed by atoms with Gasteiger partial charge in [-0.15, -0.1) is 0 Å². The van der Waals surface area contributed by atoms with Crippen LogP contribution >= 0.6 is 10.7 Å². The van der Waals surface area contributed by atoms with E-state index < -0.39 is 9.05 Å². The van der Waals surface area contributed by atoms with E-state index in [-0.39, 0.29) is 5.75 Å². The lowest BCUT2D eigenvalue weighted by molar-refractivity contribution is 0.284. The second kappa shape index (κ2) is 7.49. The standard InChI is InChI=1S/C9H20ClNO2S/c1-3-5-7-11(4-2)8-6-9-14(10,12)13/h3-9H2,1-2H3. The molecule has 0 aliphatic rings. The average Bonchev–Trinajstić information content (AvgIpc) is 2.09. The van der Waals surface area contributed by atoms with Crippen molar-refractivity contribution in [1.29, 1.82) is 0 Å². The first-order valence-electron chi connectivity index (χ1n) is 5.14. The summed E-state index contributed by atoms with van der Waals surface area (Å²) in [6, 6.07) is 0. The third kappa shape index (κ3) is 8.78. The Balaban J connectivity index is 3.62. The zero-order valence-corrected chi connectivity index (χ0v) is 10.6. The lowest BCUT2D eigenvalue weighted by atomic mass is 10.3. The molecule has 0 saturated carbocycles.